The first-order chi connectivity index (χ1) is 6.27. The van der Waals surface area contributed by atoms with Crippen LogP contribution in [-0.2, 0) is 0 Å². The average Bonchev–Trinajstić information content (AvgIpc) is 2.75. The molecule has 0 saturated carbocycles. The SMILES string of the molecule is O=C(O)c1ccc(-c2ccco2)s1. The summed E-state index contributed by atoms with van der Waals surface area (Å²) in [5.41, 5.74) is 0. The van der Waals surface area contributed by atoms with Crippen molar-refractivity contribution < 1.29 is 14.3 Å². The number of carbonyl (C=O) groups is 1. The molecule has 0 unspecified atom stereocenters. The van der Waals surface area contributed by atoms with Crippen molar-refractivity contribution in [3.8, 4) is 10.6 Å². The molecule has 0 aromatic carbocycles. The fourth-order valence-corrected chi connectivity index (χ4v) is 1.82. The Morgan fingerprint density at radius 2 is 2.23 bits per heavy atom. The molecule has 0 saturated heterocycles. The molecule has 0 bridgehead atoms. The maximum absolute atomic E-state index is 10.6. The van der Waals surface area contributed by atoms with E-state index in [-0.39, 0.29) is 0 Å². The summed E-state index contributed by atoms with van der Waals surface area (Å²) in [7, 11) is 0. The summed E-state index contributed by atoms with van der Waals surface area (Å²) in [6, 6.07) is 6.89. The maximum atomic E-state index is 10.6. The number of rotatable bonds is 2. The van der Waals surface area contributed by atoms with Gasteiger partial charge < -0.3 is 9.52 Å². The maximum Gasteiger partial charge on any atom is 0.345 e. The number of carboxylic acid groups (broad SMARTS) is 1. The lowest BCUT2D eigenvalue weighted by atomic mass is 10.3. The molecule has 2 aromatic rings. The predicted octanol–water partition coefficient (Wildman–Crippen LogP) is 2.71. The predicted molar refractivity (Wildman–Crippen MR) is 49.0 cm³/mol. The van der Waals surface area contributed by atoms with Crippen LogP contribution in [0.4, 0.5) is 0 Å². The van der Waals surface area contributed by atoms with Crippen molar-refractivity contribution in [1.82, 2.24) is 0 Å². The van der Waals surface area contributed by atoms with Gasteiger partial charge in [-0.25, -0.2) is 4.79 Å². The third kappa shape index (κ3) is 1.48. The average molecular weight is 194 g/mol. The summed E-state index contributed by atoms with van der Waals surface area (Å²) >= 11 is 1.21. The minimum Gasteiger partial charge on any atom is -0.477 e. The van der Waals surface area contributed by atoms with Gasteiger partial charge in [0.25, 0.3) is 0 Å². The molecule has 0 fully saturated rings. The van der Waals surface area contributed by atoms with Crippen molar-refractivity contribution in [2.75, 3.05) is 0 Å². The second kappa shape index (κ2) is 3.06. The van der Waals surface area contributed by atoms with Gasteiger partial charge in [0.2, 0.25) is 0 Å². The molecule has 1 N–H and O–H groups in total. The fourth-order valence-electron chi connectivity index (χ4n) is 1.00. The Labute approximate surface area is 78.2 Å². The van der Waals surface area contributed by atoms with Crippen LogP contribution in [0.1, 0.15) is 9.67 Å². The van der Waals surface area contributed by atoms with E-state index in [1.54, 1.807) is 30.5 Å². The summed E-state index contributed by atoms with van der Waals surface area (Å²) in [4.78, 5) is 11.7. The normalized spacial score (nSPS) is 10.2. The van der Waals surface area contributed by atoms with Crippen LogP contribution in [0.15, 0.2) is 34.9 Å². The summed E-state index contributed by atoms with van der Waals surface area (Å²) in [5.74, 6) is -0.194. The Kier molecular flexibility index (Phi) is 1.90. The van der Waals surface area contributed by atoms with E-state index in [1.165, 1.54) is 11.3 Å². The highest BCUT2D eigenvalue weighted by molar-refractivity contribution is 7.17. The lowest BCUT2D eigenvalue weighted by Gasteiger charge is -1.86. The van der Waals surface area contributed by atoms with E-state index >= 15 is 0 Å². The molecule has 2 heterocycles. The summed E-state index contributed by atoms with van der Waals surface area (Å²) < 4.78 is 5.13. The number of hydrogen-bond donors (Lipinski definition) is 1. The summed E-state index contributed by atoms with van der Waals surface area (Å²) in [6.45, 7) is 0. The van der Waals surface area contributed by atoms with E-state index in [1.807, 2.05) is 0 Å². The number of thiophene rings is 1. The van der Waals surface area contributed by atoms with E-state index in [0.717, 1.165) is 4.88 Å². The van der Waals surface area contributed by atoms with Gasteiger partial charge in [-0.2, -0.15) is 0 Å². The zero-order chi connectivity index (χ0) is 9.26. The third-order valence-electron chi connectivity index (χ3n) is 1.58. The molecule has 3 nitrogen and oxygen atoms in total. The van der Waals surface area contributed by atoms with Crippen LogP contribution >= 0.6 is 11.3 Å². The molecule has 0 aliphatic carbocycles. The van der Waals surface area contributed by atoms with Gasteiger partial charge in [-0.3, -0.25) is 0 Å². The quantitative estimate of drug-likeness (QED) is 0.799. The Balaban J connectivity index is 2.39. The second-order valence-corrected chi connectivity index (χ2v) is 3.53. The van der Waals surface area contributed by atoms with Gasteiger partial charge in [0.1, 0.15) is 10.6 Å². The molecule has 0 aliphatic rings. The van der Waals surface area contributed by atoms with E-state index < -0.39 is 5.97 Å². The molecule has 66 valence electrons. The van der Waals surface area contributed by atoms with Gasteiger partial charge in [0.15, 0.2) is 0 Å². The summed E-state index contributed by atoms with van der Waals surface area (Å²) in [6.07, 6.45) is 1.56. The van der Waals surface area contributed by atoms with Gasteiger partial charge in [-0.05, 0) is 24.3 Å². The lowest BCUT2D eigenvalue weighted by molar-refractivity contribution is 0.0702. The molecule has 0 aliphatic heterocycles. The Hall–Kier alpha value is -1.55. The molecule has 4 heteroatoms. The molecule has 13 heavy (non-hydrogen) atoms. The molecule has 0 radical (unpaired) electrons. The first-order valence-corrected chi connectivity index (χ1v) is 4.46. The van der Waals surface area contributed by atoms with Crippen molar-refractivity contribution in [1.29, 1.82) is 0 Å². The molecule has 0 amide bonds. The fraction of sp³-hybridized carbons (Fsp3) is 0. The van der Waals surface area contributed by atoms with E-state index in [9.17, 15) is 4.79 Å². The molecule has 2 rings (SSSR count). The molecule has 2 aromatic heterocycles. The standard InChI is InChI=1S/C9H6O3S/c10-9(11)8-4-3-7(13-8)6-2-1-5-12-6/h1-5H,(H,10,11). The number of carboxylic acids is 1. The van der Waals surface area contributed by atoms with Crippen LogP contribution in [0.3, 0.4) is 0 Å². The van der Waals surface area contributed by atoms with E-state index in [2.05, 4.69) is 0 Å². The van der Waals surface area contributed by atoms with Crippen LogP contribution in [0.2, 0.25) is 0 Å². The summed E-state index contributed by atoms with van der Waals surface area (Å²) in [5, 5.41) is 8.68. The topological polar surface area (TPSA) is 50.4 Å². The van der Waals surface area contributed by atoms with Crippen molar-refractivity contribution in [2.45, 2.75) is 0 Å². The smallest absolute Gasteiger partial charge is 0.345 e. The van der Waals surface area contributed by atoms with Gasteiger partial charge in [0.05, 0.1) is 11.1 Å². The largest absolute Gasteiger partial charge is 0.477 e. The van der Waals surface area contributed by atoms with Crippen LogP contribution < -0.4 is 0 Å². The van der Waals surface area contributed by atoms with Gasteiger partial charge in [0, 0.05) is 0 Å². The second-order valence-electron chi connectivity index (χ2n) is 2.45. The first kappa shape index (κ1) is 8.07. The van der Waals surface area contributed by atoms with Gasteiger partial charge >= 0.3 is 5.97 Å². The number of furan rings is 1. The minimum atomic E-state index is -0.900. The third-order valence-corrected chi connectivity index (χ3v) is 2.67. The van der Waals surface area contributed by atoms with Crippen LogP contribution in [0.25, 0.3) is 10.6 Å². The Morgan fingerprint density at radius 3 is 2.77 bits per heavy atom. The van der Waals surface area contributed by atoms with E-state index in [0.29, 0.717) is 10.6 Å². The zero-order valence-corrected chi connectivity index (χ0v) is 7.38. The minimum absolute atomic E-state index is 0.325. The monoisotopic (exact) mass is 194 g/mol. The number of aromatic carboxylic acids is 1. The van der Waals surface area contributed by atoms with E-state index in [4.69, 9.17) is 9.52 Å². The van der Waals surface area contributed by atoms with Crippen molar-refractivity contribution in [3.63, 3.8) is 0 Å². The highest BCUT2D eigenvalue weighted by Crippen LogP contribution is 2.28. The Morgan fingerprint density at radius 1 is 1.38 bits per heavy atom. The lowest BCUT2D eigenvalue weighted by Crippen LogP contribution is -1.89. The van der Waals surface area contributed by atoms with Crippen molar-refractivity contribution in [2.24, 2.45) is 0 Å². The van der Waals surface area contributed by atoms with Crippen LogP contribution in [-0.4, -0.2) is 11.1 Å². The molecule has 0 spiro atoms. The first-order valence-electron chi connectivity index (χ1n) is 3.64. The molecular formula is C9H6O3S. The Bertz CT molecular complexity index is 414. The highest BCUT2D eigenvalue weighted by Gasteiger charge is 2.09. The highest BCUT2D eigenvalue weighted by atomic mass is 32.1. The van der Waals surface area contributed by atoms with Gasteiger partial charge in [-0.1, -0.05) is 0 Å². The van der Waals surface area contributed by atoms with Crippen molar-refractivity contribution in [3.05, 3.63) is 35.4 Å². The van der Waals surface area contributed by atoms with Crippen molar-refractivity contribution >= 4 is 17.3 Å². The zero-order valence-electron chi connectivity index (χ0n) is 6.56. The number of hydrogen-bond acceptors (Lipinski definition) is 3. The van der Waals surface area contributed by atoms with Gasteiger partial charge in [-0.15, -0.1) is 11.3 Å². The van der Waals surface area contributed by atoms with Crippen LogP contribution in [0, 0.1) is 0 Å². The molecule has 0 atom stereocenters. The molecular weight excluding hydrogens is 188 g/mol. The van der Waals surface area contributed by atoms with Crippen LogP contribution in [0.5, 0.6) is 0 Å².